The van der Waals surface area contributed by atoms with Gasteiger partial charge in [-0.1, -0.05) is 31.7 Å². The molecule has 0 spiro atoms. The minimum Gasteiger partial charge on any atom is -0.478 e. The topological polar surface area (TPSA) is 65.5 Å². The molecule has 1 unspecified atom stereocenters. The number of pyridine rings is 1. The highest BCUT2D eigenvalue weighted by Gasteiger charge is 2.32. The molecular weight excluding hydrogens is 374 g/mol. The van der Waals surface area contributed by atoms with Crippen molar-refractivity contribution in [2.24, 2.45) is 0 Å². The summed E-state index contributed by atoms with van der Waals surface area (Å²) < 4.78 is 0. The Morgan fingerprint density at radius 1 is 1.33 bits per heavy atom. The fourth-order valence-corrected chi connectivity index (χ4v) is 4.24. The van der Waals surface area contributed by atoms with Crippen molar-refractivity contribution in [1.29, 1.82) is 0 Å². The summed E-state index contributed by atoms with van der Waals surface area (Å²) in [6.07, 6.45) is 14.3. The second-order valence-electron chi connectivity index (χ2n) is 7.40. The number of rotatable bonds is 6. The van der Waals surface area contributed by atoms with E-state index in [1.807, 2.05) is 36.5 Å². The molecule has 2 N–H and O–H groups in total. The van der Waals surface area contributed by atoms with Gasteiger partial charge in [-0.2, -0.15) is 0 Å². The van der Waals surface area contributed by atoms with E-state index in [1.54, 1.807) is 18.5 Å². The Balaban J connectivity index is 1.63. The third-order valence-corrected chi connectivity index (χ3v) is 5.60. The SMILES string of the molecule is C=C1C(/C(=C\CC)Nc2ccncc2)=CC=CN1C1CCc2c(C(=O)O)cccc21. The lowest BCUT2D eigenvalue weighted by atomic mass is 9.99. The van der Waals surface area contributed by atoms with Gasteiger partial charge in [0, 0.05) is 41.2 Å². The van der Waals surface area contributed by atoms with Crippen LogP contribution in [0.5, 0.6) is 0 Å². The maximum atomic E-state index is 11.6. The Morgan fingerprint density at radius 3 is 2.87 bits per heavy atom. The minimum atomic E-state index is -0.865. The molecule has 0 fully saturated rings. The summed E-state index contributed by atoms with van der Waals surface area (Å²) in [6.45, 7) is 6.50. The van der Waals surface area contributed by atoms with E-state index in [1.165, 1.54) is 0 Å². The molecule has 1 atom stereocenters. The van der Waals surface area contributed by atoms with Crippen molar-refractivity contribution in [3.63, 3.8) is 0 Å². The van der Waals surface area contributed by atoms with Crippen LogP contribution in [0.3, 0.4) is 0 Å². The molecule has 4 rings (SSSR count). The van der Waals surface area contributed by atoms with Gasteiger partial charge in [0.15, 0.2) is 0 Å². The van der Waals surface area contributed by atoms with Gasteiger partial charge in [-0.15, -0.1) is 0 Å². The van der Waals surface area contributed by atoms with Crippen LogP contribution in [-0.4, -0.2) is 21.0 Å². The summed E-state index contributed by atoms with van der Waals surface area (Å²) in [5.74, 6) is -0.865. The molecule has 1 aromatic heterocycles. The summed E-state index contributed by atoms with van der Waals surface area (Å²) in [7, 11) is 0. The standard InChI is InChI=1S/C25H25N3O2/c1-3-6-23(27-18-12-14-26-15-13-18)19-9-5-16-28(17(19)2)24-11-10-20-21(24)7-4-8-22(20)25(29)30/h4-9,12-16,24H,2-3,10-11H2,1H3,(H,26,27)(H,29,30)/b23-6+. The molecule has 0 amide bonds. The van der Waals surface area contributed by atoms with Crippen molar-refractivity contribution in [1.82, 2.24) is 9.88 Å². The van der Waals surface area contributed by atoms with Crippen LogP contribution in [0, 0.1) is 0 Å². The molecule has 2 heterocycles. The number of nitrogens with one attached hydrogen (secondary N) is 1. The van der Waals surface area contributed by atoms with Crippen LogP contribution in [0.15, 0.2) is 90.7 Å². The Hall–Kier alpha value is -3.60. The first-order valence-electron chi connectivity index (χ1n) is 10.2. The molecule has 2 aliphatic rings. The average Bonchev–Trinajstić information content (AvgIpc) is 3.18. The van der Waals surface area contributed by atoms with E-state index in [0.717, 1.165) is 53.0 Å². The number of carbonyl (C=O) groups is 1. The van der Waals surface area contributed by atoms with Crippen molar-refractivity contribution in [2.45, 2.75) is 32.2 Å². The summed E-state index contributed by atoms with van der Waals surface area (Å²) in [6, 6.07) is 9.51. The van der Waals surface area contributed by atoms with Gasteiger partial charge >= 0.3 is 5.97 Å². The average molecular weight is 399 g/mol. The molecule has 5 heteroatoms. The molecule has 0 bridgehead atoms. The number of hydrogen-bond donors (Lipinski definition) is 2. The van der Waals surface area contributed by atoms with Crippen LogP contribution in [0.25, 0.3) is 0 Å². The Labute approximate surface area is 176 Å². The summed E-state index contributed by atoms with van der Waals surface area (Å²) in [5.41, 5.74) is 6.31. The number of carboxylic acids is 1. The Kier molecular flexibility index (Phi) is 5.53. The number of anilines is 1. The van der Waals surface area contributed by atoms with E-state index < -0.39 is 5.97 Å². The lowest BCUT2D eigenvalue weighted by Gasteiger charge is -2.34. The van der Waals surface area contributed by atoms with Crippen LogP contribution in [0.2, 0.25) is 0 Å². The summed E-state index contributed by atoms with van der Waals surface area (Å²) in [4.78, 5) is 17.9. The van der Waals surface area contributed by atoms with Gasteiger partial charge in [-0.25, -0.2) is 4.79 Å². The van der Waals surface area contributed by atoms with Crippen molar-refractivity contribution in [2.75, 3.05) is 5.32 Å². The molecule has 5 nitrogen and oxygen atoms in total. The van der Waals surface area contributed by atoms with Crippen molar-refractivity contribution in [3.05, 3.63) is 107 Å². The van der Waals surface area contributed by atoms with Crippen LogP contribution < -0.4 is 5.32 Å². The minimum absolute atomic E-state index is 0.0792. The molecule has 1 aromatic carbocycles. The maximum Gasteiger partial charge on any atom is 0.335 e. The molecule has 152 valence electrons. The van der Waals surface area contributed by atoms with Crippen molar-refractivity contribution in [3.8, 4) is 0 Å². The highest BCUT2D eigenvalue weighted by atomic mass is 16.4. The number of allylic oxidation sites excluding steroid dienone is 3. The lowest BCUT2D eigenvalue weighted by molar-refractivity contribution is 0.0695. The predicted octanol–water partition coefficient (Wildman–Crippen LogP) is 5.44. The Morgan fingerprint density at radius 2 is 2.13 bits per heavy atom. The molecule has 1 aliphatic carbocycles. The molecule has 2 aromatic rings. The zero-order chi connectivity index (χ0) is 21.1. The van der Waals surface area contributed by atoms with Crippen LogP contribution in [0.4, 0.5) is 5.69 Å². The van der Waals surface area contributed by atoms with Crippen LogP contribution in [0.1, 0.15) is 47.3 Å². The smallest absolute Gasteiger partial charge is 0.335 e. The van der Waals surface area contributed by atoms with Crippen LogP contribution in [-0.2, 0) is 6.42 Å². The van der Waals surface area contributed by atoms with Gasteiger partial charge in [0.25, 0.3) is 0 Å². The van der Waals surface area contributed by atoms with E-state index in [0.29, 0.717) is 5.56 Å². The number of benzene rings is 1. The molecule has 0 radical (unpaired) electrons. The molecule has 0 saturated heterocycles. The van der Waals surface area contributed by atoms with E-state index >= 15 is 0 Å². The maximum absolute atomic E-state index is 11.6. The first-order chi connectivity index (χ1) is 14.6. The third kappa shape index (κ3) is 3.66. The number of aromatic nitrogens is 1. The highest BCUT2D eigenvalue weighted by molar-refractivity contribution is 5.90. The van der Waals surface area contributed by atoms with Gasteiger partial charge < -0.3 is 15.3 Å². The Bertz CT molecular complexity index is 1070. The van der Waals surface area contributed by atoms with E-state index in [2.05, 4.69) is 40.9 Å². The fraction of sp³-hybridized carbons (Fsp3) is 0.200. The quantitative estimate of drug-likeness (QED) is 0.677. The van der Waals surface area contributed by atoms with Gasteiger partial charge in [0.1, 0.15) is 0 Å². The largest absolute Gasteiger partial charge is 0.478 e. The molecular formula is C25H25N3O2. The fourth-order valence-electron chi connectivity index (χ4n) is 4.24. The summed E-state index contributed by atoms with van der Waals surface area (Å²) >= 11 is 0. The van der Waals surface area contributed by atoms with Crippen molar-refractivity contribution >= 4 is 11.7 Å². The monoisotopic (exact) mass is 399 g/mol. The van der Waals surface area contributed by atoms with Crippen LogP contribution >= 0.6 is 0 Å². The second-order valence-corrected chi connectivity index (χ2v) is 7.40. The molecule has 30 heavy (non-hydrogen) atoms. The highest BCUT2D eigenvalue weighted by Crippen LogP contribution is 2.42. The van der Waals surface area contributed by atoms with Gasteiger partial charge in [0.05, 0.1) is 11.6 Å². The first-order valence-corrected chi connectivity index (χ1v) is 10.2. The van der Waals surface area contributed by atoms with E-state index in [9.17, 15) is 9.90 Å². The van der Waals surface area contributed by atoms with Crippen molar-refractivity contribution < 1.29 is 9.90 Å². The number of fused-ring (bicyclic) bond motifs is 1. The predicted molar refractivity (Wildman–Crippen MR) is 119 cm³/mol. The normalized spacial score (nSPS) is 18.2. The van der Waals surface area contributed by atoms with E-state index in [4.69, 9.17) is 0 Å². The van der Waals surface area contributed by atoms with E-state index in [-0.39, 0.29) is 6.04 Å². The zero-order valence-corrected chi connectivity index (χ0v) is 17.0. The first kappa shape index (κ1) is 19.7. The number of hydrogen-bond acceptors (Lipinski definition) is 4. The molecule has 1 aliphatic heterocycles. The van der Waals surface area contributed by atoms with Gasteiger partial charge in [-0.3, -0.25) is 4.98 Å². The second kappa shape index (κ2) is 8.41. The summed E-state index contributed by atoms with van der Waals surface area (Å²) in [5, 5.41) is 13.0. The van der Waals surface area contributed by atoms with Gasteiger partial charge in [-0.05, 0) is 60.7 Å². The number of aromatic carboxylic acids is 1. The lowest BCUT2D eigenvalue weighted by Crippen LogP contribution is -2.25. The third-order valence-electron chi connectivity index (χ3n) is 5.60. The zero-order valence-electron chi connectivity index (χ0n) is 17.0. The number of nitrogens with zero attached hydrogens (tertiary/aromatic N) is 2. The van der Waals surface area contributed by atoms with Gasteiger partial charge in [0.2, 0.25) is 0 Å². The molecule has 0 saturated carbocycles. The number of carboxylic acid groups (broad SMARTS) is 1.